The summed E-state index contributed by atoms with van der Waals surface area (Å²) in [5.74, 6) is -0.0627. The third-order valence-corrected chi connectivity index (χ3v) is 2.76. The van der Waals surface area contributed by atoms with Gasteiger partial charge in [0.1, 0.15) is 5.82 Å². The Bertz CT molecular complexity index is 298. The fourth-order valence-electron chi connectivity index (χ4n) is 2.07. The van der Waals surface area contributed by atoms with Crippen molar-refractivity contribution in [2.75, 3.05) is 0 Å². The number of aliphatic hydroxyl groups is 1. The van der Waals surface area contributed by atoms with E-state index in [-0.39, 0.29) is 17.8 Å². The number of hydrogen-bond acceptors (Lipinski definition) is 1. The zero-order chi connectivity index (χ0) is 9.26. The summed E-state index contributed by atoms with van der Waals surface area (Å²) < 4.78 is 12.9. The summed E-state index contributed by atoms with van der Waals surface area (Å²) in [6.07, 6.45) is 2.59. The Labute approximate surface area is 77.2 Å². The molecule has 0 unspecified atom stereocenters. The minimum Gasteiger partial charge on any atom is -0.392 e. The molecule has 1 fully saturated rings. The lowest BCUT2D eigenvalue weighted by molar-refractivity contribution is 0.163. The topological polar surface area (TPSA) is 20.2 Å². The Balaban J connectivity index is 2.24. The number of benzene rings is 1. The average Bonchev–Trinajstić information content (AvgIpc) is 2.51. The fourth-order valence-corrected chi connectivity index (χ4v) is 2.07. The van der Waals surface area contributed by atoms with E-state index in [0.717, 1.165) is 24.8 Å². The lowest BCUT2D eigenvalue weighted by Gasteiger charge is -2.14. The smallest absolute Gasteiger partial charge is 0.123 e. The van der Waals surface area contributed by atoms with E-state index in [4.69, 9.17) is 0 Å². The van der Waals surface area contributed by atoms with Crippen LogP contribution in [0.1, 0.15) is 30.7 Å². The number of halogens is 1. The largest absolute Gasteiger partial charge is 0.392 e. The van der Waals surface area contributed by atoms with Crippen molar-refractivity contribution >= 4 is 0 Å². The van der Waals surface area contributed by atoms with Crippen LogP contribution in [0.4, 0.5) is 4.39 Å². The van der Waals surface area contributed by atoms with Gasteiger partial charge in [0.05, 0.1) is 6.10 Å². The fraction of sp³-hybridized carbons (Fsp3) is 0.455. The van der Waals surface area contributed by atoms with Gasteiger partial charge in [-0.05, 0) is 30.5 Å². The molecule has 0 amide bonds. The number of hydrogen-bond donors (Lipinski definition) is 1. The van der Waals surface area contributed by atoms with Crippen LogP contribution < -0.4 is 0 Å². The molecule has 0 spiro atoms. The van der Waals surface area contributed by atoms with Crippen molar-refractivity contribution < 1.29 is 9.50 Å². The van der Waals surface area contributed by atoms with Gasteiger partial charge in [0.2, 0.25) is 0 Å². The van der Waals surface area contributed by atoms with Gasteiger partial charge in [-0.1, -0.05) is 18.6 Å². The van der Waals surface area contributed by atoms with Crippen molar-refractivity contribution in [2.45, 2.75) is 31.3 Å². The molecule has 1 aromatic rings. The standard InChI is InChI=1S/C11H13FO/c12-9-4-1-3-8(7-9)10-5-2-6-11(10)13/h1,3-4,7,10-11,13H,2,5-6H2/t10-,11-/m1/s1. The van der Waals surface area contributed by atoms with Crippen LogP contribution in [0.25, 0.3) is 0 Å². The quantitative estimate of drug-likeness (QED) is 0.703. The Morgan fingerprint density at radius 3 is 2.77 bits per heavy atom. The van der Waals surface area contributed by atoms with E-state index in [1.165, 1.54) is 12.1 Å². The van der Waals surface area contributed by atoms with E-state index < -0.39 is 0 Å². The summed E-state index contributed by atoms with van der Waals surface area (Å²) in [4.78, 5) is 0. The first-order valence-electron chi connectivity index (χ1n) is 4.71. The minimum atomic E-state index is -0.276. The molecule has 1 aliphatic carbocycles. The van der Waals surface area contributed by atoms with E-state index in [2.05, 4.69) is 0 Å². The molecule has 70 valence electrons. The molecule has 1 nitrogen and oxygen atoms in total. The third kappa shape index (κ3) is 1.73. The van der Waals surface area contributed by atoms with Gasteiger partial charge in [-0.15, -0.1) is 0 Å². The SMILES string of the molecule is O[C@@H]1CCC[C@@H]1c1cccc(F)c1. The zero-order valence-corrected chi connectivity index (χ0v) is 7.41. The summed E-state index contributed by atoms with van der Waals surface area (Å²) in [5, 5.41) is 9.61. The molecule has 1 aliphatic rings. The summed E-state index contributed by atoms with van der Waals surface area (Å²) in [6.45, 7) is 0. The Morgan fingerprint density at radius 2 is 2.15 bits per heavy atom. The maximum absolute atomic E-state index is 12.9. The van der Waals surface area contributed by atoms with Crippen LogP contribution in [0.15, 0.2) is 24.3 Å². The highest BCUT2D eigenvalue weighted by Crippen LogP contribution is 2.34. The maximum atomic E-state index is 12.9. The van der Waals surface area contributed by atoms with Crippen LogP contribution in [-0.2, 0) is 0 Å². The first-order chi connectivity index (χ1) is 6.27. The molecule has 0 aliphatic heterocycles. The van der Waals surface area contributed by atoms with Crippen molar-refractivity contribution in [1.82, 2.24) is 0 Å². The number of aliphatic hydroxyl groups excluding tert-OH is 1. The Kier molecular flexibility index (Phi) is 2.32. The van der Waals surface area contributed by atoms with Crippen LogP contribution in [-0.4, -0.2) is 11.2 Å². The van der Waals surface area contributed by atoms with Crippen molar-refractivity contribution in [1.29, 1.82) is 0 Å². The molecular weight excluding hydrogens is 167 g/mol. The van der Waals surface area contributed by atoms with E-state index in [1.54, 1.807) is 6.07 Å². The van der Waals surface area contributed by atoms with Gasteiger partial charge in [-0.3, -0.25) is 0 Å². The molecule has 13 heavy (non-hydrogen) atoms. The molecule has 0 bridgehead atoms. The highest BCUT2D eigenvalue weighted by molar-refractivity contribution is 5.22. The van der Waals surface area contributed by atoms with Crippen molar-refractivity contribution in [3.8, 4) is 0 Å². The van der Waals surface area contributed by atoms with Gasteiger partial charge < -0.3 is 5.11 Å². The second-order valence-corrected chi connectivity index (χ2v) is 3.66. The molecule has 2 rings (SSSR count). The highest BCUT2D eigenvalue weighted by Gasteiger charge is 2.26. The van der Waals surface area contributed by atoms with E-state index >= 15 is 0 Å². The second-order valence-electron chi connectivity index (χ2n) is 3.66. The van der Waals surface area contributed by atoms with Gasteiger partial charge >= 0.3 is 0 Å². The molecule has 1 aromatic carbocycles. The summed E-state index contributed by atoms with van der Waals surface area (Å²) in [5.41, 5.74) is 0.935. The Morgan fingerprint density at radius 1 is 1.31 bits per heavy atom. The molecule has 0 saturated heterocycles. The van der Waals surface area contributed by atoms with Gasteiger partial charge in [0.15, 0.2) is 0 Å². The molecule has 1 N–H and O–H groups in total. The average molecular weight is 180 g/mol. The molecule has 2 atom stereocenters. The number of rotatable bonds is 1. The van der Waals surface area contributed by atoms with Gasteiger partial charge in [-0.2, -0.15) is 0 Å². The van der Waals surface area contributed by atoms with E-state index in [1.807, 2.05) is 6.07 Å². The zero-order valence-electron chi connectivity index (χ0n) is 7.41. The molecule has 0 heterocycles. The predicted molar refractivity (Wildman–Crippen MR) is 49.0 cm³/mol. The van der Waals surface area contributed by atoms with Crippen molar-refractivity contribution in [3.05, 3.63) is 35.6 Å². The monoisotopic (exact) mass is 180 g/mol. The molecular formula is C11H13FO. The van der Waals surface area contributed by atoms with E-state index in [9.17, 15) is 9.50 Å². The van der Waals surface area contributed by atoms with E-state index in [0.29, 0.717) is 0 Å². The molecule has 0 radical (unpaired) electrons. The summed E-state index contributed by atoms with van der Waals surface area (Å²) >= 11 is 0. The second kappa shape index (κ2) is 3.46. The van der Waals surface area contributed by atoms with Crippen LogP contribution >= 0.6 is 0 Å². The van der Waals surface area contributed by atoms with Crippen LogP contribution in [0, 0.1) is 5.82 Å². The van der Waals surface area contributed by atoms with Gasteiger partial charge in [0.25, 0.3) is 0 Å². The molecule has 0 aromatic heterocycles. The van der Waals surface area contributed by atoms with Crippen LogP contribution in [0.2, 0.25) is 0 Å². The maximum Gasteiger partial charge on any atom is 0.123 e. The first kappa shape index (κ1) is 8.70. The predicted octanol–water partition coefficient (Wildman–Crippen LogP) is 2.45. The van der Waals surface area contributed by atoms with Gasteiger partial charge in [0, 0.05) is 5.92 Å². The molecule has 2 heteroatoms. The normalized spacial score (nSPS) is 27.8. The van der Waals surface area contributed by atoms with Crippen molar-refractivity contribution in [3.63, 3.8) is 0 Å². The van der Waals surface area contributed by atoms with Crippen LogP contribution in [0.3, 0.4) is 0 Å². The highest BCUT2D eigenvalue weighted by atomic mass is 19.1. The lowest BCUT2D eigenvalue weighted by atomic mass is 9.96. The lowest BCUT2D eigenvalue weighted by Crippen LogP contribution is -2.10. The van der Waals surface area contributed by atoms with Crippen LogP contribution in [0.5, 0.6) is 0 Å². The van der Waals surface area contributed by atoms with Crippen molar-refractivity contribution in [2.24, 2.45) is 0 Å². The summed E-state index contributed by atoms with van der Waals surface area (Å²) in [7, 11) is 0. The minimum absolute atomic E-state index is 0.149. The first-order valence-corrected chi connectivity index (χ1v) is 4.71. The molecule has 1 saturated carbocycles. The summed E-state index contributed by atoms with van der Waals surface area (Å²) in [6, 6.07) is 6.56. The van der Waals surface area contributed by atoms with Gasteiger partial charge in [-0.25, -0.2) is 4.39 Å². The third-order valence-electron chi connectivity index (χ3n) is 2.76. The Hall–Kier alpha value is -0.890.